The van der Waals surface area contributed by atoms with Crippen LogP contribution >= 0.6 is 11.6 Å². The van der Waals surface area contributed by atoms with Crippen molar-refractivity contribution in [3.63, 3.8) is 0 Å². The molecule has 3 atom stereocenters. The van der Waals surface area contributed by atoms with Gasteiger partial charge >= 0.3 is 5.97 Å². The standard InChI is InChI=1S/C18H23ClN2O5/c1-10-9-12(19)7-8-15(10)26-11(2)16(22)20-21-17(23)13-5-3-4-6-14(13)18(24)25/h7-9,11,13-14H,3-6H2,1-2H3,(H,20,22)(H,21,23)(H,24,25)/t11-,13+,14-/m0/s1. The highest BCUT2D eigenvalue weighted by atomic mass is 35.5. The van der Waals surface area contributed by atoms with Crippen LogP contribution in [0.4, 0.5) is 0 Å². The van der Waals surface area contributed by atoms with Gasteiger partial charge in [0.05, 0.1) is 11.8 Å². The van der Waals surface area contributed by atoms with E-state index in [-0.39, 0.29) is 0 Å². The second-order valence-corrected chi connectivity index (χ2v) is 6.92. The molecule has 2 amide bonds. The fraction of sp³-hybridized carbons (Fsp3) is 0.500. The van der Waals surface area contributed by atoms with Gasteiger partial charge in [-0.1, -0.05) is 24.4 Å². The molecule has 142 valence electrons. The molecule has 0 aliphatic heterocycles. The van der Waals surface area contributed by atoms with Crippen molar-refractivity contribution in [3.8, 4) is 5.75 Å². The van der Waals surface area contributed by atoms with Crippen LogP contribution in [0.5, 0.6) is 5.75 Å². The van der Waals surface area contributed by atoms with Gasteiger partial charge in [-0.15, -0.1) is 0 Å². The number of amides is 2. The number of carbonyl (C=O) groups excluding carboxylic acids is 2. The minimum absolute atomic E-state index is 0.469. The normalized spacial score (nSPS) is 20.7. The van der Waals surface area contributed by atoms with E-state index in [0.717, 1.165) is 18.4 Å². The summed E-state index contributed by atoms with van der Waals surface area (Å²) in [5, 5.41) is 9.81. The lowest BCUT2D eigenvalue weighted by molar-refractivity contribution is -0.149. The zero-order chi connectivity index (χ0) is 19.3. The van der Waals surface area contributed by atoms with E-state index >= 15 is 0 Å². The fourth-order valence-electron chi connectivity index (χ4n) is 3.05. The second-order valence-electron chi connectivity index (χ2n) is 6.48. The maximum absolute atomic E-state index is 12.2. The molecule has 0 radical (unpaired) electrons. The lowest BCUT2D eigenvalue weighted by Crippen LogP contribution is -2.51. The molecule has 1 aromatic carbocycles. The lowest BCUT2D eigenvalue weighted by atomic mass is 9.79. The van der Waals surface area contributed by atoms with E-state index in [4.69, 9.17) is 16.3 Å². The Kier molecular flexibility index (Phi) is 6.85. The minimum Gasteiger partial charge on any atom is -0.481 e. The first kappa shape index (κ1) is 20.0. The fourth-order valence-corrected chi connectivity index (χ4v) is 3.27. The van der Waals surface area contributed by atoms with Gasteiger partial charge in [-0.3, -0.25) is 25.2 Å². The van der Waals surface area contributed by atoms with E-state index < -0.39 is 35.7 Å². The second kappa shape index (κ2) is 8.89. The van der Waals surface area contributed by atoms with E-state index in [1.807, 2.05) is 6.92 Å². The molecule has 1 aromatic rings. The summed E-state index contributed by atoms with van der Waals surface area (Å²) < 4.78 is 5.58. The minimum atomic E-state index is -0.980. The quantitative estimate of drug-likeness (QED) is 0.678. The van der Waals surface area contributed by atoms with Gasteiger partial charge in [0.25, 0.3) is 5.91 Å². The number of carboxylic acids is 1. The molecule has 0 heterocycles. The van der Waals surface area contributed by atoms with E-state index in [9.17, 15) is 19.5 Å². The van der Waals surface area contributed by atoms with Gasteiger partial charge < -0.3 is 9.84 Å². The van der Waals surface area contributed by atoms with Gasteiger partial charge in [-0.25, -0.2) is 0 Å². The molecule has 0 bridgehead atoms. The summed E-state index contributed by atoms with van der Waals surface area (Å²) in [4.78, 5) is 35.7. The highest BCUT2D eigenvalue weighted by Crippen LogP contribution is 2.30. The van der Waals surface area contributed by atoms with Crippen molar-refractivity contribution in [1.82, 2.24) is 10.9 Å². The van der Waals surface area contributed by atoms with Crippen molar-refractivity contribution in [2.24, 2.45) is 11.8 Å². The van der Waals surface area contributed by atoms with Gasteiger partial charge in [0.1, 0.15) is 5.75 Å². The number of aliphatic carboxylic acids is 1. The Hall–Kier alpha value is -2.28. The summed E-state index contributed by atoms with van der Waals surface area (Å²) in [6, 6.07) is 5.04. The zero-order valence-electron chi connectivity index (χ0n) is 14.8. The van der Waals surface area contributed by atoms with Crippen LogP contribution in [0.15, 0.2) is 18.2 Å². The molecule has 0 spiro atoms. The molecule has 1 fully saturated rings. The summed E-state index contributed by atoms with van der Waals surface area (Å²) in [5.41, 5.74) is 5.42. The molecule has 26 heavy (non-hydrogen) atoms. The van der Waals surface area contributed by atoms with Crippen LogP contribution in [0.1, 0.15) is 38.2 Å². The van der Waals surface area contributed by atoms with E-state index in [1.54, 1.807) is 25.1 Å². The predicted octanol–water partition coefficient (Wildman–Crippen LogP) is 2.45. The van der Waals surface area contributed by atoms with Gasteiger partial charge in [0.15, 0.2) is 6.10 Å². The zero-order valence-corrected chi connectivity index (χ0v) is 15.5. The number of hydrogen-bond acceptors (Lipinski definition) is 4. The summed E-state index contributed by atoms with van der Waals surface area (Å²) >= 11 is 5.88. The number of carboxylic acid groups (broad SMARTS) is 1. The Bertz CT molecular complexity index is 694. The largest absolute Gasteiger partial charge is 0.481 e. The first-order chi connectivity index (χ1) is 12.3. The predicted molar refractivity (Wildman–Crippen MR) is 95.6 cm³/mol. The van der Waals surface area contributed by atoms with Crippen LogP contribution in [0.2, 0.25) is 5.02 Å². The molecular weight excluding hydrogens is 360 g/mol. The maximum atomic E-state index is 12.2. The van der Waals surface area contributed by atoms with Crippen LogP contribution in [-0.2, 0) is 14.4 Å². The molecule has 1 saturated carbocycles. The first-order valence-corrected chi connectivity index (χ1v) is 8.92. The highest BCUT2D eigenvalue weighted by molar-refractivity contribution is 6.30. The molecular formula is C18H23ClN2O5. The topological polar surface area (TPSA) is 105 Å². The third-order valence-electron chi connectivity index (χ3n) is 4.54. The number of hydrazine groups is 1. The summed E-state index contributed by atoms with van der Waals surface area (Å²) in [7, 11) is 0. The molecule has 0 unspecified atom stereocenters. The average Bonchev–Trinajstić information content (AvgIpc) is 2.61. The summed E-state index contributed by atoms with van der Waals surface area (Å²) in [6.07, 6.45) is 1.70. The Morgan fingerprint density at radius 2 is 1.85 bits per heavy atom. The van der Waals surface area contributed by atoms with Crippen molar-refractivity contribution in [3.05, 3.63) is 28.8 Å². The molecule has 1 aliphatic rings. The summed E-state index contributed by atoms with van der Waals surface area (Å²) in [5.74, 6) is -2.84. The van der Waals surface area contributed by atoms with Crippen LogP contribution in [0, 0.1) is 18.8 Å². The molecule has 1 aliphatic carbocycles. The molecule has 8 heteroatoms. The molecule has 0 aromatic heterocycles. The van der Waals surface area contributed by atoms with E-state index in [2.05, 4.69) is 10.9 Å². The molecule has 2 rings (SSSR count). The van der Waals surface area contributed by atoms with Crippen LogP contribution in [0.25, 0.3) is 0 Å². The maximum Gasteiger partial charge on any atom is 0.307 e. The van der Waals surface area contributed by atoms with Crippen molar-refractivity contribution in [2.75, 3.05) is 0 Å². The van der Waals surface area contributed by atoms with Gasteiger partial charge in [-0.2, -0.15) is 0 Å². The van der Waals surface area contributed by atoms with Gasteiger partial charge in [0, 0.05) is 5.02 Å². The average molecular weight is 383 g/mol. The Labute approximate surface area is 157 Å². The SMILES string of the molecule is Cc1cc(Cl)ccc1O[C@@H](C)C(=O)NNC(=O)[C@@H]1CCCC[C@@H]1C(=O)O. The number of nitrogens with one attached hydrogen (secondary N) is 2. The number of rotatable bonds is 5. The number of benzene rings is 1. The molecule has 7 nitrogen and oxygen atoms in total. The van der Waals surface area contributed by atoms with Gasteiger partial charge in [0.2, 0.25) is 5.91 Å². The first-order valence-electron chi connectivity index (χ1n) is 8.55. The third kappa shape index (κ3) is 5.11. The Morgan fingerprint density at radius 1 is 1.19 bits per heavy atom. The van der Waals surface area contributed by atoms with Crippen molar-refractivity contribution < 1.29 is 24.2 Å². The molecule has 3 N–H and O–H groups in total. The summed E-state index contributed by atoms with van der Waals surface area (Å²) in [6.45, 7) is 3.36. The molecule has 0 saturated heterocycles. The number of ether oxygens (including phenoxy) is 1. The van der Waals surface area contributed by atoms with E-state index in [1.165, 1.54) is 0 Å². The van der Waals surface area contributed by atoms with E-state index in [0.29, 0.717) is 23.6 Å². The number of halogens is 1. The lowest BCUT2D eigenvalue weighted by Gasteiger charge is -2.27. The smallest absolute Gasteiger partial charge is 0.307 e. The monoisotopic (exact) mass is 382 g/mol. The van der Waals surface area contributed by atoms with Crippen LogP contribution in [0.3, 0.4) is 0 Å². The Morgan fingerprint density at radius 3 is 2.46 bits per heavy atom. The van der Waals surface area contributed by atoms with Crippen molar-refractivity contribution in [1.29, 1.82) is 0 Å². The van der Waals surface area contributed by atoms with Crippen LogP contribution in [-0.4, -0.2) is 29.0 Å². The van der Waals surface area contributed by atoms with Crippen molar-refractivity contribution >= 4 is 29.4 Å². The van der Waals surface area contributed by atoms with Crippen LogP contribution < -0.4 is 15.6 Å². The Balaban J connectivity index is 1.88. The number of carbonyl (C=O) groups is 3. The third-order valence-corrected chi connectivity index (χ3v) is 4.77. The number of hydrogen-bond donors (Lipinski definition) is 3. The number of aryl methyl sites for hydroxylation is 1. The van der Waals surface area contributed by atoms with Crippen molar-refractivity contribution in [2.45, 2.75) is 45.6 Å². The van der Waals surface area contributed by atoms with Gasteiger partial charge in [-0.05, 0) is 50.5 Å². The highest BCUT2D eigenvalue weighted by Gasteiger charge is 2.36.